The first-order valence-corrected chi connectivity index (χ1v) is 7.08. The molecule has 2 unspecified atom stereocenters. The summed E-state index contributed by atoms with van der Waals surface area (Å²) in [5.74, 6) is -1.71. The molecule has 0 saturated heterocycles. The smallest absolute Gasteiger partial charge is 0.324 e. The number of rotatable bonds is 7. The number of carbonyl (C=O) groups is 2. The van der Waals surface area contributed by atoms with Crippen molar-refractivity contribution in [2.45, 2.75) is 73.3 Å². The number of ether oxygens (including phenoxy) is 1. The Balaban J connectivity index is 5.09. The van der Waals surface area contributed by atoms with E-state index in [2.05, 4.69) is 6.92 Å². The number of aliphatic carboxylic acids is 1. The van der Waals surface area contributed by atoms with E-state index in [1.165, 1.54) is 0 Å². The maximum absolute atomic E-state index is 12.4. The summed E-state index contributed by atoms with van der Waals surface area (Å²) in [5.41, 5.74) is -2.16. The molecule has 0 rings (SSSR count). The average Bonchev–Trinajstić information content (AvgIpc) is 2.25. The van der Waals surface area contributed by atoms with Crippen molar-refractivity contribution in [1.29, 1.82) is 0 Å². The van der Waals surface area contributed by atoms with Gasteiger partial charge in [-0.15, -0.1) is 0 Å². The summed E-state index contributed by atoms with van der Waals surface area (Å²) in [5, 5.41) is 9.52. The number of unbranched alkanes of at least 4 members (excludes halogenated alkanes) is 1. The van der Waals surface area contributed by atoms with Gasteiger partial charge < -0.3 is 9.84 Å². The van der Waals surface area contributed by atoms with E-state index in [0.29, 0.717) is 0 Å². The molecule has 0 aromatic heterocycles. The first-order valence-electron chi connectivity index (χ1n) is 7.08. The van der Waals surface area contributed by atoms with Crippen LogP contribution in [0.15, 0.2) is 0 Å². The predicted molar refractivity (Wildman–Crippen MR) is 74.9 cm³/mol. The van der Waals surface area contributed by atoms with Gasteiger partial charge in [0.15, 0.2) is 5.41 Å². The molecule has 4 nitrogen and oxygen atoms in total. The molecule has 0 saturated carbocycles. The molecule has 0 aromatic carbocycles. The standard InChI is InChI=1S/C15H28O4/c1-7-9-10-11(3)19-13(18)15(8-2,12(16)17)14(4,5)6/h11H,7-10H2,1-6H3,(H,16,17). The fourth-order valence-corrected chi connectivity index (χ4v) is 2.37. The number of esters is 1. The Morgan fingerprint density at radius 2 is 1.74 bits per heavy atom. The molecule has 0 aliphatic carbocycles. The van der Waals surface area contributed by atoms with E-state index in [4.69, 9.17) is 4.74 Å². The van der Waals surface area contributed by atoms with Gasteiger partial charge in [0, 0.05) is 0 Å². The van der Waals surface area contributed by atoms with Crippen molar-refractivity contribution in [2.24, 2.45) is 10.8 Å². The lowest BCUT2D eigenvalue weighted by Gasteiger charge is -2.38. The van der Waals surface area contributed by atoms with E-state index in [9.17, 15) is 14.7 Å². The van der Waals surface area contributed by atoms with Gasteiger partial charge in [0.1, 0.15) is 0 Å². The zero-order chi connectivity index (χ0) is 15.3. The highest BCUT2D eigenvalue weighted by atomic mass is 16.5. The summed E-state index contributed by atoms with van der Waals surface area (Å²) in [6.07, 6.45) is 2.76. The Hall–Kier alpha value is -1.06. The summed E-state index contributed by atoms with van der Waals surface area (Å²) < 4.78 is 5.38. The monoisotopic (exact) mass is 272 g/mol. The highest BCUT2D eigenvalue weighted by molar-refractivity contribution is 6.00. The maximum Gasteiger partial charge on any atom is 0.324 e. The Bertz CT molecular complexity index is 317. The fourth-order valence-electron chi connectivity index (χ4n) is 2.37. The summed E-state index contributed by atoms with van der Waals surface area (Å²) in [6, 6.07) is 0. The largest absolute Gasteiger partial charge is 0.480 e. The van der Waals surface area contributed by atoms with E-state index < -0.39 is 22.8 Å². The second kappa shape index (κ2) is 6.92. The van der Waals surface area contributed by atoms with Crippen molar-refractivity contribution in [3.63, 3.8) is 0 Å². The molecule has 0 heterocycles. The van der Waals surface area contributed by atoms with Crippen LogP contribution in [-0.2, 0) is 14.3 Å². The Labute approximate surface area is 116 Å². The quantitative estimate of drug-likeness (QED) is 0.567. The van der Waals surface area contributed by atoms with E-state index in [1.807, 2.05) is 6.92 Å². The van der Waals surface area contributed by atoms with Crippen LogP contribution >= 0.6 is 0 Å². The van der Waals surface area contributed by atoms with Crippen molar-refractivity contribution in [3.8, 4) is 0 Å². The third kappa shape index (κ3) is 3.95. The SMILES string of the molecule is CCCCC(C)OC(=O)C(CC)(C(=O)O)C(C)(C)C. The van der Waals surface area contributed by atoms with Gasteiger partial charge in [0.25, 0.3) is 0 Å². The third-order valence-electron chi connectivity index (χ3n) is 3.80. The average molecular weight is 272 g/mol. The molecule has 4 heteroatoms. The highest BCUT2D eigenvalue weighted by Gasteiger charge is 2.55. The van der Waals surface area contributed by atoms with Gasteiger partial charge in [-0.2, -0.15) is 0 Å². The summed E-state index contributed by atoms with van der Waals surface area (Å²) in [6.45, 7) is 10.9. The molecule has 0 fully saturated rings. The number of hydrogen-bond donors (Lipinski definition) is 1. The topological polar surface area (TPSA) is 63.6 Å². The molecule has 2 atom stereocenters. The molecule has 0 spiro atoms. The van der Waals surface area contributed by atoms with Crippen molar-refractivity contribution < 1.29 is 19.4 Å². The van der Waals surface area contributed by atoms with Crippen molar-refractivity contribution >= 4 is 11.9 Å². The molecule has 0 aliphatic rings. The van der Waals surface area contributed by atoms with Gasteiger partial charge >= 0.3 is 11.9 Å². The van der Waals surface area contributed by atoms with Crippen molar-refractivity contribution in [3.05, 3.63) is 0 Å². The lowest BCUT2D eigenvalue weighted by molar-refractivity contribution is -0.181. The molecular weight excluding hydrogens is 244 g/mol. The highest BCUT2D eigenvalue weighted by Crippen LogP contribution is 2.43. The van der Waals surface area contributed by atoms with Crippen LogP contribution in [-0.4, -0.2) is 23.1 Å². The normalized spacial score (nSPS) is 16.5. The van der Waals surface area contributed by atoms with Crippen LogP contribution in [0.1, 0.15) is 67.2 Å². The maximum atomic E-state index is 12.4. The summed E-state index contributed by atoms with van der Waals surface area (Å²) >= 11 is 0. The van der Waals surface area contributed by atoms with Crippen LogP contribution in [0.2, 0.25) is 0 Å². The Kier molecular flexibility index (Phi) is 6.53. The second-order valence-corrected chi connectivity index (χ2v) is 6.17. The number of carboxylic acids is 1. The number of carboxylic acid groups (broad SMARTS) is 1. The van der Waals surface area contributed by atoms with E-state index in [1.54, 1.807) is 27.7 Å². The lowest BCUT2D eigenvalue weighted by Crippen LogP contribution is -2.50. The second-order valence-electron chi connectivity index (χ2n) is 6.17. The Morgan fingerprint density at radius 3 is 2.05 bits per heavy atom. The molecule has 0 bridgehead atoms. The number of carbonyl (C=O) groups excluding carboxylic acids is 1. The third-order valence-corrected chi connectivity index (χ3v) is 3.80. The van der Waals surface area contributed by atoms with E-state index in [0.717, 1.165) is 19.3 Å². The van der Waals surface area contributed by atoms with Crippen LogP contribution in [0.25, 0.3) is 0 Å². The van der Waals surface area contributed by atoms with Gasteiger partial charge in [-0.05, 0) is 25.2 Å². The predicted octanol–water partition coefficient (Wildman–Crippen LogP) is 3.64. The molecule has 112 valence electrons. The Morgan fingerprint density at radius 1 is 1.21 bits per heavy atom. The minimum absolute atomic E-state index is 0.227. The zero-order valence-electron chi connectivity index (χ0n) is 13.1. The van der Waals surface area contributed by atoms with E-state index >= 15 is 0 Å². The lowest BCUT2D eigenvalue weighted by atomic mass is 9.65. The minimum atomic E-state index is -1.48. The van der Waals surface area contributed by atoms with Gasteiger partial charge in [-0.3, -0.25) is 9.59 Å². The molecule has 0 amide bonds. The molecule has 0 aromatic rings. The molecule has 1 N–H and O–H groups in total. The van der Waals surface area contributed by atoms with Crippen LogP contribution in [0.4, 0.5) is 0 Å². The zero-order valence-corrected chi connectivity index (χ0v) is 13.1. The van der Waals surface area contributed by atoms with Crippen molar-refractivity contribution in [2.75, 3.05) is 0 Å². The van der Waals surface area contributed by atoms with Crippen LogP contribution in [0.3, 0.4) is 0 Å². The van der Waals surface area contributed by atoms with Gasteiger partial charge in [-0.25, -0.2) is 0 Å². The van der Waals surface area contributed by atoms with Crippen LogP contribution in [0.5, 0.6) is 0 Å². The molecular formula is C15H28O4. The minimum Gasteiger partial charge on any atom is -0.480 e. The molecule has 0 radical (unpaired) electrons. The molecule has 0 aliphatic heterocycles. The summed E-state index contributed by atoms with van der Waals surface area (Å²) in [4.78, 5) is 24.0. The first kappa shape index (κ1) is 17.9. The molecule has 19 heavy (non-hydrogen) atoms. The van der Waals surface area contributed by atoms with Gasteiger partial charge in [-0.1, -0.05) is 47.5 Å². The van der Waals surface area contributed by atoms with Crippen molar-refractivity contribution in [1.82, 2.24) is 0 Å². The summed E-state index contributed by atoms with van der Waals surface area (Å²) in [7, 11) is 0. The van der Waals surface area contributed by atoms with Crippen LogP contribution in [0, 0.1) is 10.8 Å². The first-order chi connectivity index (χ1) is 8.63. The van der Waals surface area contributed by atoms with E-state index in [-0.39, 0.29) is 12.5 Å². The fraction of sp³-hybridized carbons (Fsp3) is 0.867. The number of hydrogen-bond acceptors (Lipinski definition) is 3. The van der Waals surface area contributed by atoms with Gasteiger partial charge in [0.2, 0.25) is 0 Å². The van der Waals surface area contributed by atoms with Crippen LogP contribution < -0.4 is 0 Å². The van der Waals surface area contributed by atoms with Gasteiger partial charge in [0.05, 0.1) is 6.10 Å².